The molecule has 0 saturated carbocycles. The number of nitrogens with zero attached hydrogens (tertiary/aromatic N) is 2. The van der Waals surface area contributed by atoms with Gasteiger partial charge in [-0.25, -0.2) is 4.98 Å². The lowest BCUT2D eigenvalue weighted by Crippen LogP contribution is -2.24. The molecule has 0 aromatic carbocycles. The lowest BCUT2D eigenvalue weighted by Gasteiger charge is -2.20. The number of anilines is 1. The second-order valence-corrected chi connectivity index (χ2v) is 3.81. The van der Waals surface area contributed by atoms with Crippen LogP contribution in [0.15, 0.2) is 12.4 Å². The van der Waals surface area contributed by atoms with Crippen LogP contribution in [-0.4, -0.2) is 16.0 Å². The molecule has 0 aliphatic rings. The molecule has 1 N–H and O–H groups in total. The number of hydrogen-bond donors (Lipinski definition) is 1. The molecule has 0 fully saturated rings. The van der Waals surface area contributed by atoms with Crippen molar-refractivity contribution < 1.29 is 0 Å². The maximum absolute atomic E-state index is 4.26. The quantitative estimate of drug-likeness (QED) is 0.798. The number of aryl methyl sites for hydroxylation is 1. The molecule has 2 unspecified atom stereocenters. The second-order valence-electron chi connectivity index (χ2n) is 3.81. The summed E-state index contributed by atoms with van der Waals surface area (Å²) in [6.45, 7) is 8.59. The van der Waals surface area contributed by atoms with Crippen molar-refractivity contribution >= 4 is 5.82 Å². The average molecular weight is 193 g/mol. The fraction of sp³-hybridized carbons (Fsp3) is 0.636. The van der Waals surface area contributed by atoms with Gasteiger partial charge in [0.15, 0.2) is 0 Å². The molecule has 2 atom stereocenters. The van der Waals surface area contributed by atoms with Crippen molar-refractivity contribution in [2.24, 2.45) is 5.92 Å². The first-order chi connectivity index (χ1) is 6.65. The minimum absolute atomic E-state index is 0.440. The van der Waals surface area contributed by atoms with Crippen molar-refractivity contribution in [2.45, 2.75) is 40.2 Å². The number of nitrogens with one attached hydrogen (secondary N) is 1. The van der Waals surface area contributed by atoms with Crippen molar-refractivity contribution in [3.63, 3.8) is 0 Å². The third-order valence-electron chi connectivity index (χ3n) is 2.74. The Morgan fingerprint density at radius 1 is 1.29 bits per heavy atom. The van der Waals surface area contributed by atoms with Crippen molar-refractivity contribution in [2.75, 3.05) is 5.32 Å². The van der Waals surface area contributed by atoms with E-state index in [9.17, 15) is 0 Å². The minimum atomic E-state index is 0.440. The summed E-state index contributed by atoms with van der Waals surface area (Å²) < 4.78 is 0. The fourth-order valence-corrected chi connectivity index (χ4v) is 1.26. The molecule has 0 bridgehead atoms. The Labute approximate surface area is 86.0 Å². The Hall–Kier alpha value is -1.12. The molecule has 0 spiro atoms. The SMILES string of the molecule is CCC(C)C(C)Nc1nccnc1C. The summed E-state index contributed by atoms with van der Waals surface area (Å²) in [4.78, 5) is 8.45. The van der Waals surface area contributed by atoms with E-state index in [1.807, 2.05) is 6.92 Å². The predicted molar refractivity (Wildman–Crippen MR) is 59.3 cm³/mol. The maximum Gasteiger partial charge on any atom is 0.147 e. The molecule has 0 saturated heterocycles. The van der Waals surface area contributed by atoms with E-state index in [1.165, 1.54) is 6.42 Å². The molecule has 1 heterocycles. The summed E-state index contributed by atoms with van der Waals surface area (Å²) in [5.41, 5.74) is 0.961. The zero-order valence-electron chi connectivity index (χ0n) is 9.41. The van der Waals surface area contributed by atoms with E-state index in [2.05, 4.69) is 36.1 Å². The van der Waals surface area contributed by atoms with Crippen LogP contribution in [0.3, 0.4) is 0 Å². The monoisotopic (exact) mass is 193 g/mol. The van der Waals surface area contributed by atoms with Crippen molar-refractivity contribution in [3.8, 4) is 0 Å². The Morgan fingerprint density at radius 2 is 1.93 bits per heavy atom. The van der Waals surface area contributed by atoms with Gasteiger partial charge in [-0.3, -0.25) is 4.98 Å². The minimum Gasteiger partial charge on any atom is -0.366 e. The van der Waals surface area contributed by atoms with Crippen molar-refractivity contribution in [3.05, 3.63) is 18.1 Å². The van der Waals surface area contributed by atoms with Crippen LogP contribution in [0.25, 0.3) is 0 Å². The smallest absolute Gasteiger partial charge is 0.147 e. The zero-order valence-corrected chi connectivity index (χ0v) is 9.41. The molecule has 1 aromatic rings. The topological polar surface area (TPSA) is 37.8 Å². The van der Waals surface area contributed by atoms with Gasteiger partial charge in [0.1, 0.15) is 5.82 Å². The van der Waals surface area contributed by atoms with E-state index in [4.69, 9.17) is 0 Å². The molecule has 14 heavy (non-hydrogen) atoms. The first-order valence-electron chi connectivity index (χ1n) is 5.19. The lowest BCUT2D eigenvalue weighted by molar-refractivity contribution is 0.493. The lowest BCUT2D eigenvalue weighted by atomic mass is 10.0. The normalized spacial score (nSPS) is 14.9. The van der Waals surface area contributed by atoms with E-state index in [0.29, 0.717) is 12.0 Å². The van der Waals surface area contributed by atoms with E-state index in [0.717, 1.165) is 11.5 Å². The highest BCUT2D eigenvalue weighted by molar-refractivity contribution is 5.39. The van der Waals surface area contributed by atoms with Gasteiger partial charge in [0, 0.05) is 18.4 Å². The van der Waals surface area contributed by atoms with Crippen LogP contribution < -0.4 is 5.32 Å². The van der Waals surface area contributed by atoms with E-state index in [1.54, 1.807) is 12.4 Å². The van der Waals surface area contributed by atoms with E-state index in [-0.39, 0.29) is 0 Å². The molecule has 78 valence electrons. The Morgan fingerprint density at radius 3 is 2.50 bits per heavy atom. The van der Waals surface area contributed by atoms with Crippen molar-refractivity contribution in [1.29, 1.82) is 0 Å². The highest BCUT2D eigenvalue weighted by Crippen LogP contribution is 2.14. The zero-order chi connectivity index (χ0) is 10.6. The molecule has 0 amide bonds. The molecule has 3 nitrogen and oxygen atoms in total. The highest BCUT2D eigenvalue weighted by atomic mass is 15.0. The first-order valence-corrected chi connectivity index (χ1v) is 5.19. The summed E-state index contributed by atoms with van der Waals surface area (Å²) in [5, 5.41) is 3.39. The highest BCUT2D eigenvalue weighted by Gasteiger charge is 2.11. The number of rotatable bonds is 4. The summed E-state index contributed by atoms with van der Waals surface area (Å²) in [7, 11) is 0. The van der Waals surface area contributed by atoms with Crippen molar-refractivity contribution in [1.82, 2.24) is 9.97 Å². The summed E-state index contributed by atoms with van der Waals surface area (Å²) in [5.74, 6) is 1.55. The Balaban J connectivity index is 2.64. The number of aromatic nitrogens is 2. The van der Waals surface area contributed by atoms with Crippen LogP contribution >= 0.6 is 0 Å². The van der Waals surface area contributed by atoms with Gasteiger partial charge in [0.2, 0.25) is 0 Å². The third kappa shape index (κ3) is 2.69. The molecule has 0 radical (unpaired) electrons. The van der Waals surface area contributed by atoms with Crippen LogP contribution in [0.5, 0.6) is 0 Å². The van der Waals surface area contributed by atoms with Crippen LogP contribution in [0.1, 0.15) is 32.9 Å². The molecule has 1 aromatic heterocycles. The Kier molecular flexibility index (Phi) is 3.86. The maximum atomic E-state index is 4.26. The standard InChI is InChI=1S/C11H19N3/c1-5-8(2)9(3)14-11-10(4)12-6-7-13-11/h6-9H,5H2,1-4H3,(H,13,14). The van der Waals surface area contributed by atoms with Crippen LogP contribution in [0.4, 0.5) is 5.82 Å². The molecule has 0 aliphatic carbocycles. The van der Waals surface area contributed by atoms with E-state index < -0.39 is 0 Å². The summed E-state index contributed by atoms with van der Waals surface area (Å²) in [6, 6.07) is 0.440. The molecular formula is C11H19N3. The molecule has 3 heteroatoms. The molecular weight excluding hydrogens is 174 g/mol. The summed E-state index contributed by atoms with van der Waals surface area (Å²) in [6.07, 6.45) is 4.61. The van der Waals surface area contributed by atoms with Crippen LogP contribution in [-0.2, 0) is 0 Å². The summed E-state index contributed by atoms with van der Waals surface area (Å²) >= 11 is 0. The van der Waals surface area contributed by atoms with Gasteiger partial charge in [-0.05, 0) is 19.8 Å². The van der Waals surface area contributed by atoms with Gasteiger partial charge >= 0.3 is 0 Å². The average Bonchev–Trinajstić information content (AvgIpc) is 2.20. The van der Waals surface area contributed by atoms with Gasteiger partial charge in [0.25, 0.3) is 0 Å². The fourth-order valence-electron chi connectivity index (χ4n) is 1.26. The van der Waals surface area contributed by atoms with Gasteiger partial charge in [-0.2, -0.15) is 0 Å². The third-order valence-corrected chi connectivity index (χ3v) is 2.74. The Bertz CT molecular complexity index is 286. The molecule has 1 rings (SSSR count). The predicted octanol–water partition coefficient (Wildman–Crippen LogP) is 2.63. The molecule has 0 aliphatic heterocycles. The van der Waals surface area contributed by atoms with Gasteiger partial charge in [0.05, 0.1) is 5.69 Å². The van der Waals surface area contributed by atoms with Crippen LogP contribution in [0, 0.1) is 12.8 Å². The first kappa shape index (κ1) is 11.0. The van der Waals surface area contributed by atoms with Crippen LogP contribution in [0.2, 0.25) is 0 Å². The van der Waals surface area contributed by atoms with Gasteiger partial charge in [-0.15, -0.1) is 0 Å². The van der Waals surface area contributed by atoms with E-state index >= 15 is 0 Å². The van der Waals surface area contributed by atoms with Gasteiger partial charge in [-0.1, -0.05) is 20.3 Å². The largest absolute Gasteiger partial charge is 0.366 e. The second kappa shape index (κ2) is 4.94. The number of hydrogen-bond acceptors (Lipinski definition) is 3. The van der Waals surface area contributed by atoms with Gasteiger partial charge < -0.3 is 5.32 Å².